The third-order valence-corrected chi connectivity index (χ3v) is 7.36. The Morgan fingerprint density at radius 3 is 2.37 bits per heavy atom. The largest absolute Gasteiger partial charge is 0.462 e. The van der Waals surface area contributed by atoms with Crippen molar-refractivity contribution in [2.75, 3.05) is 19.7 Å². The standard InChI is InChI=1S/C15H31NO2Si/c1-7-9-11-16(8-2)19(5,6)13-10-12-18-15(17)14(3)4/h3,7-13H2,1-2,4-6H3. The van der Waals surface area contributed by atoms with Gasteiger partial charge in [0, 0.05) is 5.57 Å². The van der Waals surface area contributed by atoms with Crippen LogP contribution in [0.1, 0.15) is 40.0 Å². The summed E-state index contributed by atoms with van der Waals surface area (Å²) < 4.78 is 7.81. The van der Waals surface area contributed by atoms with Gasteiger partial charge >= 0.3 is 5.97 Å². The number of hydrogen-bond donors (Lipinski definition) is 0. The van der Waals surface area contributed by atoms with Crippen LogP contribution in [-0.4, -0.2) is 38.5 Å². The van der Waals surface area contributed by atoms with Gasteiger partial charge in [0.1, 0.15) is 8.24 Å². The molecular weight excluding hydrogens is 254 g/mol. The van der Waals surface area contributed by atoms with E-state index in [1.807, 2.05) is 0 Å². The number of carbonyl (C=O) groups excluding carboxylic acids is 1. The van der Waals surface area contributed by atoms with Crippen molar-refractivity contribution in [2.24, 2.45) is 0 Å². The normalized spacial score (nSPS) is 11.7. The predicted molar refractivity (Wildman–Crippen MR) is 84.8 cm³/mol. The van der Waals surface area contributed by atoms with Gasteiger partial charge in [0.05, 0.1) is 6.61 Å². The quantitative estimate of drug-likeness (QED) is 0.264. The molecule has 0 aromatic heterocycles. The van der Waals surface area contributed by atoms with Crippen LogP contribution in [0.3, 0.4) is 0 Å². The average Bonchev–Trinajstić information content (AvgIpc) is 2.34. The molecule has 0 N–H and O–H groups in total. The van der Waals surface area contributed by atoms with E-state index in [0.29, 0.717) is 12.2 Å². The number of nitrogens with zero attached hydrogens (tertiary/aromatic N) is 1. The van der Waals surface area contributed by atoms with Crippen LogP contribution < -0.4 is 0 Å². The van der Waals surface area contributed by atoms with Gasteiger partial charge in [-0.15, -0.1) is 0 Å². The molecule has 112 valence electrons. The smallest absolute Gasteiger partial charge is 0.333 e. The molecule has 0 bridgehead atoms. The molecule has 0 rings (SSSR count). The maximum atomic E-state index is 11.3. The van der Waals surface area contributed by atoms with Crippen LogP contribution in [0.4, 0.5) is 0 Å². The summed E-state index contributed by atoms with van der Waals surface area (Å²) >= 11 is 0. The number of unbranched alkanes of at least 4 members (excludes halogenated alkanes) is 1. The fraction of sp³-hybridized carbons (Fsp3) is 0.800. The van der Waals surface area contributed by atoms with Crippen LogP contribution >= 0.6 is 0 Å². The van der Waals surface area contributed by atoms with Crippen molar-refractivity contribution in [3.8, 4) is 0 Å². The van der Waals surface area contributed by atoms with E-state index >= 15 is 0 Å². The van der Waals surface area contributed by atoms with Crippen molar-refractivity contribution < 1.29 is 9.53 Å². The highest BCUT2D eigenvalue weighted by Gasteiger charge is 2.27. The zero-order valence-corrected chi connectivity index (χ0v) is 14.4. The first-order valence-electron chi connectivity index (χ1n) is 7.42. The van der Waals surface area contributed by atoms with E-state index in [4.69, 9.17) is 4.74 Å². The molecule has 0 amide bonds. The minimum Gasteiger partial charge on any atom is -0.462 e. The van der Waals surface area contributed by atoms with Gasteiger partial charge in [-0.25, -0.2) is 4.79 Å². The molecule has 0 saturated carbocycles. The second kappa shape index (κ2) is 9.32. The monoisotopic (exact) mass is 285 g/mol. The van der Waals surface area contributed by atoms with E-state index in [9.17, 15) is 4.79 Å². The lowest BCUT2D eigenvalue weighted by atomic mass is 10.3. The molecule has 0 aliphatic carbocycles. The van der Waals surface area contributed by atoms with Crippen molar-refractivity contribution in [3.63, 3.8) is 0 Å². The van der Waals surface area contributed by atoms with Crippen molar-refractivity contribution in [2.45, 2.75) is 59.2 Å². The lowest BCUT2D eigenvalue weighted by Gasteiger charge is -2.36. The van der Waals surface area contributed by atoms with Gasteiger partial charge in [-0.1, -0.05) is 39.9 Å². The Balaban J connectivity index is 4.06. The minimum absolute atomic E-state index is 0.266. The highest BCUT2D eigenvalue weighted by Crippen LogP contribution is 2.18. The Labute approximate surface area is 120 Å². The summed E-state index contributed by atoms with van der Waals surface area (Å²) in [6, 6.07) is 1.17. The van der Waals surface area contributed by atoms with E-state index in [1.54, 1.807) is 6.92 Å². The molecule has 19 heavy (non-hydrogen) atoms. The van der Waals surface area contributed by atoms with Crippen molar-refractivity contribution in [3.05, 3.63) is 12.2 Å². The molecule has 0 heterocycles. The zero-order valence-electron chi connectivity index (χ0n) is 13.4. The number of hydrogen-bond acceptors (Lipinski definition) is 3. The average molecular weight is 286 g/mol. The Bertz CT molecular complexity index is 290. The van der Waals surface area contributed by atoms with Crippen LogP contribution in [-0.2, 0) is 9.53 Å². The molecule has 0 atom stereocenters. The van der Waals surface area contributed by atoms with E-state index in [2.05, 4.69) is 38.1 Å². The highest BCUT2D eigenvalue weighted by atomic mass is 28.3. The second-order valence-electron chi connectivity index (χ2n) is 5.77. The minimum atomic E-state index is -1.35. The first-order valence-corrected chi connectivity index (χ1v) is 10.6. The molecule has 0 aliphatic heterocycles. The van der Waals surface area contributed by atoms with E-state index < -0.39 is 8.24 Å². The fourth-order valence-electron chi connectivity index (χ4n) is 2.19. The summed E-state index contributed by atoms with van der Waals surface area (Å²) in [6.07, 6.45) is 3.48. The third-order valence-electron chi connectivity index (χ3n) is 3.53. The SMILES string of the molecule is C=C(C)C(=O)OCCC[Si](C)(C)N(CC)CCCC. The number of ether oxygens (including phenoxy) is 1. The molecule has 4 heteroatoms. The lowest BCUT2D eigenvalue weighted by Crippen LogP contribution is -2.49. The number of esters is 1. The van der Waals surface area contributed by atoms with Gasteiger partial charge in [-0.05, 0) is 38.9 Å². The van der Waals surface area contributed by atoms with Gasteiger partial charge in [0.25, 0.3) is 0 Å². The van der Waals surface area contributed by atoms with E-state index in [1.165, 1.54) is 25.4 Å². The Kier molecular flexibility index (Phi) is 9.02. The van der Waals surface area contributed by atoms with Crippen LogP contribution in [0, 0.1) is 0 Å². The number of rotatable bonds is 10. The molecule has 0 spiro atoms. The van der Waals surface area contributed by atoms with Crippen LogP contribution in [0.5, 0.6) is 0 Å². The summed E-state index contributed by atoms with van der Waals surface area (Å²) in [5.74, 6) is -0.266. The molecule has 0 aromatic carbocycles. The predicted octanol–water partition coefficient (Wildman–Crippen LogP) is 3.82. The molecule has 0 fully saturated rings. The van der Waals surface area contributed by atoms with Crippen molar-refractivity contribution in [1.82, 2.24) is 4.57 Å². The topological polar surface area (TPSA) is 29.5 Å². The van der Waals surface area contributed by atoms with Gasteiger partial charge in [-0.3, -0.25) is 0 Å². The Morgan fingerprint density at radius 1 is 1.26 bits per heavy atom. The molecule has 0 unspecified atom stereocenters. The molecule has 0 radical (unpaired) electrons. The maximum Gasteiger partial charge on any atom is 0.333 e. The van der Waals surface area contributed by atoms with Gasteiger partial charge in [0.2, 0.25) is 0 Å². The fourth-order valence-corrected chi connectivity index (χ4v) is 5.13. The lowest BCUT2D eigenvalue weighted by molar-refractivity contribution is -0.138. The highest BCUT2D eigenvalue weighted by molar-refractivity contribution is 6.74. The van der Waals surface area contributed by atoms with Crippen LogP contribution in [0.15, 0.2) is 12.2 Å². The molecule has 3 nitrogen and oxygen atoms in total. The summed E-state index contributed by atoms with van der Waals surface area (Å²) in [6.45, 7) is 17.4. The van der Waals surface area contributed by atoms with E-state index in [0.717, 1.165) is 13.0 Å². The molecule has 0 aliphatic rings. The van der Waals surface area contributed by atoms with E-state index in [-0.39, 0.29) is 5.97 Å². The summed E-state index contributed by atoms with van der Waals surface area (Å²) in [4.78, 5) is 11.3. The summed E-state index contributed by atoms with van der Waals surface area (Å²) in [5.41, 5.74) is 0.481. The molecule has 0 saturated heterocycles. The van der Waals surface area contributed by atoms with Crippen LogP contribution in [0.2, 0.25) is 19.1 Å². The Morgan fingerprint density at radius 2 is 1.89 bits per heavy atom. The van der Waals surface area contributed by atoms with Gasteiger partial charge in [-0.2, -0.15) is 0 Å². The Hall–Kier alpha value is -0.613. The first-order chi connectivity index (χ1) is 8.85. The summed E-state index contributed by atoms with van der Waals surface area (Å²) in [7, 11) is -1.35. The first kappa shape index (κ1) is 18.4. The maximum absolute atomic E-state index is 11.3. The van der Waals surface area contributed by atoms with Crippen molar-refractivity contribution >= 4 is 14.2 Å². The number of carbonyl (C=O) groups is 1. The second-order valence-corrected chi connectivity index (χ2v) is 10.5. The summed E-state index contributed by atoms with van der Waals surface area (Å²) in [5, 5.41) is 0. The third kappa shape index (κ3) is 7.53. The van der Waals surface area contributed by atoms with Crippen molar-refractivity contribution in [1.29, 1.82) is 0 Å². The zero-order chi connectivity index (χ0) is 14.9. The van der Waals surface area contributed by atoms with Gasteiger partial charge in [0.15, 0.2) is 0 Å². The van der Waals surface area contributed by atoms with Gasteiger partial charge < -0.3 is 9.30 Å². The van der Waals surface area contributed by atoms with Crippen LogP contribution in [0.25, 0.3) is 0 Å². The molecule has 0 aromatic rings. The molecular formula is C15H31NO2Si.